The summed E-state index contributed by atoms with van der Waals surface area (Å²) in [6, 6.07) is 11.5. The number of aliphatic hydroxyl groups is 1. The number of phenols is 1. The minimum atomic E-state index is -0.874. The van der Waals surface area contributed by atoms with Crippen LogP contribution in [0.4, 0.5) is 0 Å². The van der Waals surface area contributed by atoms with Gasteiger partial charge in [0.2, 0.25) is 0 Å². The van der Waals surface area contributed by atoms with E-state index in [9.17, 15) is 19.8 Å². The summed E-state index contributed by atoms with van der Waals surface area (Å²) in [6.45, 7) is 0.372. The number of allylic oxidation sites excluding steroid dienone is 1. The number of aromatic hydroxyl groups is 1. The van der Waals surface area contributed by atoms with E-state index in [0.717, 1.165) is 5.56 Å². The molecule has 8 heteroatoms. The molecule has 0 fully saturated rings. The summed E-state index contributed by atoms with van der Waals surface area (Å²) in [5, 5.41) is 20.7. The second-order valence-electron chi connectivity index (χ2n) is 6.82. The monoisotopic (exact) mass is 487 g/mol. The highest BCUT2D eigenvalue weighted by Gasteiger charge is 2.43. The molecule has 1 heterocycles. The van der Waals surface area contributed by atoms with Crippen molar-refractivity contribution in [2.45, 2.75) is 6.04 Å². The Kier molecular flexibility index (Phi) is 7.14. The molecule has 1 unspecified atom stereocenters. The predicted octanol–water partition coefficient (Wildman–Crippen LogP) is 3.79. The van der Waals surface area contributed by atoms with Gasteiger partial charge in [-0.3, -0.25) is 9.59 Å². The van der Waals surface area contributed by atoms with Crippen molar-refractivity contribution in [1.29, 1.82) is 0 Å². The Bertz CT molecular complexity index is 1050. The molecule has 0 radical (unpaired) electrons. The standard InChI is InChI=1S/C23H22BrNO6/c1-30-11-10-25-20(15-12-16(24)21(27)18(13-15)31-2)19(22(28)23(25)29)17(26)9-8-14-6-4-3-5-7-14/h3-9,12-13,20,27-28H,10-11H2,1-2H3/b9-8+. The van der Waals surface area contributed by atoms with Gasteiger partial charge in [0, 0.05) is 13.7 Å². The number of ketones is 1. The van der Waals surface area contributed by atoms with E-state index < -0.39 is 23.5 Å². The third-order valence-electron chi connectivity index (χ3n) is 4.92. The molecule has 1 amide bonds. The van der Waals surface area contributed by atoms with Gasteiger partial charge in [-0.1, -0.05) is 36.4 Å². The number of carbonyl (C=O) groups is 2. The fourth-order valence-electron chi connectivity index (χ4n) is 3.41. The van der Waals surface area contributed by atoms with E-state index in [0.29, 0.717) is 10.0 Å². The highest BCUT2D eigenvalue weighted by molar-refractivity contribution is 9.10. The van der Waals surface area contributed by atoms with Crippen LogP contribution in [-0.2, 0) is 14.3 Å². The SMILES string of the molecule is COCCN1C(=O)C(O)=C(C(=O)/C=C/c2ccccc2)C1c1cc(Br)c(O)c(OC)c1. The Morgan fingerprint density at radius 3 is 2.55 bits per heavy atom. The molecule has 2 aromatic rings. The summed E-state index contributed by atoms with van der Waals surface area (Å²) in [6.07, 6.45) is 2.95. The lowest BCUT2D eigenvalue weighted by atomic mass is 9.95. The minimum Gasteiger partial charge on any atom is -0.503 e. The zero-order valence-corrected chi connectivity index (χ0v) is 18.6. The van der Waals surface area contributed by atoms with Crippen LogP contribution in [0.15, 0.2) is 64.3 Å². The van der Waals surface area contributed by atoms with Crippen molar-refractivity contribution in [2.24, 2.45) is 0 Å². The molecular weight excluding hydrogens is 466 g/mol. The largest absolute Gasteiger partial charge is 0.503 e. The summed E-state index contributed by atoms with van der Waals surface area (Å²) < 4.78 is 10.6. The van der Waals surface area contributed by atoms with Gasteiger partial charge in [-0.25, -0.2) is 0 Å². The van der Waals surface area contributed by atoms with Crippen LogP contribution < -0.4 is 4.74 Å². The third kappa shape index (κ3) is 4.65. The van der Waals surface area contributed by atoms with E-state index in [1.165, 1.54) is 31.3 Å². The number of hydrogen-bond donors (Lipinski definition) is 2. The first-order valence-corrected chi connectivity index (χ1v) is 10.2. The van der Waals surface area contributed by atoms with Crippen LogP contribution in [0.3, 0.4) is 0 Å². The lowest BCUT2D eigenvalue weighted by Crippen LogP contribution is -2.33. The molecule has 0 aliphatic carbocycles. The molecule has 0 bridgehead atoms. The summed E-state index contributed by atoms with van der Waals surface area (Å²) >= 11 is 3.27. The highest BCUT2D eigenvalue weighted by atomic mass is 79.9. The van der Waals surface area contributed by atoms with Gasteiger partial charge in [0.15, 0.2) is 23.0 Å². The zero-order chi connectivity index (χ0) is 22.5. The number of phenolic OH excluding ortho intramolecular Hbond substituents is 1. The molecule has 1 atom stereocenters. The Hall–Kier alpha value is -3.10. The van der Waals surface area contributed by atoms with Gasteiger partial charge in [0.1, 0.15) is 0 Å². The number of methoxy groups -OCH3 is 2. The van der Waals surface area contributed by atoms with E-state index in [1.54, 1.807) is 12.1 Å². The molecule has 1 aliphatic rings. The predicted molar refractivity (Wildman–Crippen MR) is 119 cm³/mol. The van der Waals surface area contributed by atoms with Crippen molar-refractivity contribution in [3.05, 3.63) is 75.5 Å². The second kappa shape index (κ2) is 9.80. The fraction of sp³-hybridized carbons (Fsp3) is 0.217. The van der Waals surface area contributed by atoms with Gasteiger partial charge in [0.05, 0.1) is 29.8 Å². The Morgan fingerprint density at radius 1 is 1.19 bits per heavy atom. The first-order chi connectivity index (χ1) is 14.9. The van der Waals surface area contributed by atoms with Crippen LogP contribution in [0.2, 0.25) is 0 Å². The van der Waals surface area contributed by atoms with Crippen LogP contribution in [0.5, 0.6) is 11.5 Å². The van der Waals surface area contributed by atoms with Gasteiger partial charge in [-0.05, 0) is 45.3 Å². The Balaban J connectivity index is 2.06. The van der Waals surface area contributed by atoms with Crippen molar-refractivity contribution >= 4 is 33.7 Å². The maximum Gasteiger partial charge on any atom is 0.290 e. The molecule has 3 rings (SSSR count). The first-order valence-electron chi connectivity index (χ1n) is 9.46. The van der Waals surface area contributed by atoms with E-state index in [-0.39, 0.29) is 30.2 Å². The van der Waals surface area contributed by atoms with E-state index in [2.05, 4.69) is 15.9 Å². The molecule has 0 saturated carbocycles. The highest BCUT2D eigenvalue weighted by Crippen LogP contribution is 2.43. The van der Waals surface area contributed by atoms with Crippen molar-refractivity contribution in [3.63, 3.8) is 0 Å². The van der Waals surface area contributed by atoms with Crippen LogP contribution >= 0.6 is 15.9 Å². The number of ether oxygens (including phenoxy) is 2. The lowest BCUT2D eigenvalue weighted by molar-refractivity contribution is -0.130. The van der Waals surface area contributed by atoms with Crippen LogP contribution in [-0.4, -0.2) is 54.2 Å². The number of halogens is 1. The molecule has 2 N–H and O–H groups in total. The molecule has 0 saturated heterocycles. The third-order valence-corrected chi connectivity index (χ3v) is 5.52. The molecule has 0 aromatic heterocycles. The molecular formula is C23H22BrNO6. The van der Waals surface area contributed by atoms with Crippen molar-refractivity contribution < 1.29 is 29.3 Å². The molecule has 0 spiro atoms. The second-order valence-corrected chi connectivity index (χ2v) is 7.67. The zero-order valence-electron chi connectivity index (χ0n) is 17.0. The summed E-state index contributed by atoms with van der Waals surface area (Å²) in [5.41, 5.74) is 1.25. The minimum absolute atomic E-state index is 0.0482. The van der Waals surface area contributed by atoms with Gasteiger partial charge in [-0.2, -0.15) is 0 Å². The number of rotatable bonds is 8. The molecule has 162 valence electrons. The first kappa shape index (κ1) is 22.6. The van der Waals surface area contributed by atoms with E-state index in [1.807, 2.05) is 30.3 Å². The van der Waals surface area contributed by atoms with Crippen LogP contribution in [0.25, 0.3) is 6.08 Å². The molecule has 31 heavy (non-hydrogen) atoms. The summed E-state index contributed by atoms with van der Waals surface area (Å²) in [5.74, 6) is -1.71. The normalized spacial score (nSPS) is 16.4. The Labute approximate surface area is 188 Å². The average Bonchev–Trinajstić information content (AvgIpc) is 3.03. The average molecular weight is 488 g/mol. The van der Waals surface area contributed by atoms with Crippen LogP contribution in [0, 0.1) is 0 Å². The fourth-order valence-corrected chi connectivity index (χ4v) is 3.86. The van der Waals surface area contributed by atoms with E-state index in [4.69, 9.17) is 9.47 Å². The summed E-state index contributed by atoms with van der Waals surface area (Å²) in [7, 11) is 2.90. The van der Waals surface area contributed by atoms with Gasteiger partial charge in [-0.15, -0.1) is 0 Å². The quantitative estimate of drug-likeness (QED) is 0.549. The van der Waals surface area contributed by atoms with Gasteiger partial charge >= 0.3 is 0 Å². The van der Waals surface area contributed by atoms with Gasteiger partial charge in [0.25, 0.3) is 5.91 Å². The van der Waals surface area contributed by atoms with Crippen molar-refractivity contribution in [2.75, 3.05) is 27.4 Å². The van der Waals surface area contributed by atoms with Crippen molar-refractivity contribution in [3.8, 4) is 11.5 Å². The number of carbonyl (C=O) groups excluding carboxylic acids is 2. The van der Waals surface area contributed by atoms with E-state index >= 15 is 0 Å². The smallest absolute Gasteiger partial charge is 0.290 e. The number of benzene rings is 2. The summed E-state index contributed by atoms with van der Waals surface area (Å²) in [4.78, 5) is 27.2. The number of aliphatic hydroxyl groups excluding tert-OH is 1. The number of hydrogen-bond acceptors (Lipinski definition) is 6. The van der Waals surface area contributed by atoms with Crippen molar-refractivity contribution in [1.82, 2.24) is 4.90 Å². The number of amides is 1. The topological polar surface area (TPSA) is 96.3 Å². The van der Waals surface area contributed by atoms with Crippen LogP contribution in [0.1, 0.15) is 17.2 Å². The lowest BCUT2D eigenvalue weighted by Gasteiger charge is -2.27. The van der Waals surface area contributed by atoms with Gasteiger partial charge < -0.3 is 24.6 Å². The molecule has 7 nitrogen and oxygen atoms in total. The maximum absolute atomic E-state index is 13.1. The molecule has 2 aromatic carbocycles. The Morgan fingerprint density at radius 2 is 1.90 bits per heavy atom. The number of nitrogens with zero attached hydrogens (tertiary/aromatic N) is 1. The maximum atomic E-state index is 13.1. The molecule has 1 aliphatic heterocycles.